The number of nitrogens with zero attached hydrogens (tertiary/aromatic N) is 1. The topological polar surface area (TPSA) is 55.2 Å². The number of nitro benzene ring substituents is 1. The van der Waals surface area contributed by atoms with Crippen LogP contribution in [0.3, 0.4) is 0 Å². The Balaban J connectivity index is 3.36. The van der Waals surface area contributed by atoms with Gasteiger partial charge in [-0.15, -0.1) is 0 Å². The molecule has 4 nitrogen and oxygen atoms in total. The van der Waals surface area contributed by atoms with Crippen LogP contribution < -0.4 is 5.32 Å². The molecule has 1 aromatic rings. The smallest absolute Gasteiger partial charge is 0.274 e. The summed E-state index contributed by atoms with van der Waals surface area (Å²) in [5.41, 5.74) is 0.650. The molecule has 0 radical (unpaired) electrons. The van der Waals surface area contributed by atoms with E-state index in [4.69, 9.17) is 23.2 Å². The fraction of sp³-hybridized carbons (Fsp3) is 0.500. The lowest BCUT2D eigenvalue weighted by molar-refractivity contribution is -0.385. The van der Waals surface area contributed by atoms with Crippen LogP contribution in [-0.2, 0) is 0 Å². The molecule has 2 unspecified atom stereocenters. The molecule has 0 heterocycles. The quantitative estimate of drug-likeness (QED) is 0.659. The second-order valence-corrected chi connectivity index (χ2v) is 4.99. The fourth-order valence-corrected chi connectivity index (χ4v) is 2.38. The van der Waals surface area contributed by atoms with E-state index in [1.165, 1.54) is 6.07 Å². The van der Waals surface area contributed by atoms with Crippen LogP contribution in [0.1, 0.15) is 31.7 Å². The van der Waals surface area contributed by atoms with Crippen molar-refractivity contribution in [3.8, 4) is 0 Å². The van der Waals surface area contributed by atoms with E-state index in [0.29, 0.717) is 10.6 Å². The predicted octanol–water partition coefficient (Wildman–Crippen LogP) is 4.00. The molecule has 0 spiro atoms. The molecule has 100 valence electrons. The van der Waals surface area contributed by atoms with Gasteiger partial charge in [-0.2, -0.15) is 0 Å². The van der Waals surface area contributed by atoms with E-state index in [-0.39, 0.29) is 22.7 Å². The molecule has 0 bridgehead atoms. The average molecular weight is 291 g/mol. The Labute approximate surface area is 116 Å². The lowest BCUT2D eigenvalue weighted by Gasteiger charge is -2.22. The maximum atomic E-state index is 11.1. The number of likely N-dealkylation sites (N-methyl/N-ethyl adjacent to an activating group) is 1. The van der Waals surface area contributed by atoms with Crippen molar-refractivity contribution >= 4 is 28.9 Å². The van der Waals surface area contributed by atoms with Gasteiger partial charge in [-0.1, -0.05) is 30.1 Å². The van der Waals surface area contributed by atoms with Gasteiger partial charge in [-0.25, -0.2) is 0 Å². The monoisotopic (exact) mass is 290 g/mol. The molecule has 0 fully saturated rings. The zero-order chi connectivity index (χ0) is 13.9. The third-order valence-corrected chi connectivity index (χ3v) is 3.89. The van der Waals surface area contributed by atoms with Crippen molar-refractivity contribution in [2.24, 2.45) is 0 Å². The molecule has 0 aromatic heterocycles. The van der Waals surface area contributed by atoms with Gasteiger partial charge in [0, 0.05) is 23.6 Å². The van der Waals surface area contributed by atoms with Gasteiger partial charge in [0.05, 0.1) is 15.0 Å². The SMILES string of the molecule is CCC(c1cc(Cl)c(Cl)cc1[N+](=O)[O-])C(C)NC. The Morgan fingerprint density at radius 3 is 2.39 bits per heavy atom. The summed E-state index contributed by atoms with van der Waals surface area (Å²) in [5, 5.41) is 14.8. The maximum absolute atomic E-state index is 11.1. The zero-order valence-electron chi connectivity index (χ0n) is 10.5. The normalized spacial score (nSPS) is 14.3. The van der Waals surface area contributed by atoms with Crippen molar-refractivity contribution < 1.29 is 4.92 Å². The van der Waals surface area contributed by atoms with Crippen LogP contribution in [0.2, 0.25) is 10.0 Å². The average Bonchev–Trinajstić information content (AvgIpc) is 2.33. The van der Waals surface area contributed by atoms with E-state index >= 15 is 0 Å². The highest BCUT2D eigenvalue weighted by Gasteiger charge is 2.26. The molecular formula is C12H16Cl2N2O2. The first kappa shape index (κ1) is 15.2. The third-order valence-electron chi connectivity index (χ3n) is 3.16. The van der Waals surface area contributed by atoms with Crippen molar-refractivity contribution in [3.05, 3.63) is 37.9 Å². The van der Waals surface area contributed by atoms with Gasteiger partial charge in [0.15, 0.2) is 0 Å². The summed E-state index contributed by atoms with van der Waals surface area (Å²) in [5.74, 6) is 0.0187. The summed E-state index contributed by atoms with van der Waals surface area (Å²) in [7, 11) is 1.83. The fourth-order valence-electron chi connectivity index (χ4n) is 2.05. The van der Waals surface area contributed by atoms with Crippen LogP contribution >= 0.6 is 23.2 Å². The van der Waals surface area contributed by atoms with Gasteiger partial charge in [0.2, 0.25) is 0 Å². The van der Waals surface area contributed by atoms with Crippen molar-refractivity contribution in [2.75, 3.05) is 7.05 Å². The lowest BCUT2D eigenvalue weighted by atomic mass is 9.89. The van der Waals surface area contributed by atoms with E-state index in [1.54, 1.807) is 6.07 Å². The highest BCUT2D eigenvalue weighted by atomic mass is 35.5. The minimum Gasteiger partial charge on any atom is -0.317 e. The van der Waals surface area contributed by atoms with E-state index in [2.05, 4.69) is 5.32 Å². The lowest BCUT2D eigenvalue weighted by Crippen LogP contribution is -2.29. The summed E-state index contributed by atoms with van der Waals surface area (Å²) in [6, 6.07) is 3.04. The summed E-state index contributed by atoms with van der Waals surface area (Å²) in [4.78, 5) is 10.7. The van der Waals surface area contributed by atoms with Crippen LogP contribution in [0.25, 0.3) is 0 Å². The zero-order valence-corrected chi connectivity index (χ0v) is 12.0. The molecule has 0 aliphatic heterocycles. The highest BCUT2D eigenvalue weighted by molar-refractivity contribution is 6.42. The van der Waals surface area contributed by atoms with Crippen molar-refractivity contribution in [1.29, 1.82) is 0 Å². The standard InChI is InChI=1S/C12H16Cl2N2O2/c1-4-8(7(2)15-3)9-5-10(13)11(14)6-12(9)16(17)18/h5-8,15H,4H2,1-3H3. The van der Waals surface area contributed by atoms with Gasteiger partial charge in [-0.05, 0) is 26.5 Å². The van der Waals surface area contributed by atoms with E-state index in [0.717, 1.165) is 6.42 Å². The van der Waals surface area contributed by atoms with Crippen molar-refractivity contribution in [2.45, 2.75) is 32.2 Å². The predicted molar refractivity (Wildman–Crippen MR) is 74.7 cm³/mol. The van der Waals surface area contributed by atoms with Crippen LogP contribution in [0.15, 0.2) is 12.1 Å². The Hall–Kier alpha value is -0.840. The van der Waals surface area contributed by atoms with E-state index in [1.807, 2.05) is 20.9 Å². The minimum atomic E-state index is -0.414. The highest BCUT2D eigenvalue weighted by Crippen LogP contribution is 2.37. The first-order valence-corrected chi connectivity index (χ1v) is 6.48. The molecule has 1 rings (SSSR count). The second kappa shape index (κ2) is 6.36. The number of halogens is 2. The number of benzene rings is 1. The van der Waals surface area contributed by atoms with Gasteiger partial charge in [-0.3, -0.25) is 10.1 Å². The van der Waals surface area contributed by atoms with Gasteiger partial charge >= 0.3 is 0 Å². The van der Waals surface area contributed by atoms with Gasteiger partial charge < -0.3 is 5.32 Å². The van der Waals surface area contributed by atoms with Gasteiger partial charge in [0.1, 0.15) is 0 Å². The van der Waals surface area contributed by atoms with E-state index < -0.39 is 4.92 Å². The van der Waals surface area contributed by atoms with Crippen LogP contribution in [-0.4, -0.2) is 18.0 Å². The summed E-state index contributed by atoms with van der Waals surface area (Å²) < 4.78 is 0. The number of rotatable bonds is 5. The number of nitrogens with one attached hydrogen (secondary N) is 1. The molecule has 2 atom stereocenters. The minimum absolute atomic E-state index is 0.0187. The number of hydrogen-bond acceptors (Lipinski definition) is 3. The molecule has 0 saturated heterocycles. The van der Waals surface area contributed by atoms with Crippen molar-refractivity contribution in [1.82, 2.24) is 5.32 Å². The molecule has 0 saturated carbocycles. The van der Waals surface area contributed by atoms with E-state index in [9.17, 15) is 10.1 Å². The first-order valence-electron chi connectivity index (χ1n) is 5.72. The van der Waals surface area contributed by atoms with Crippen molar-refractivity contribution in [3.63, 3.8) is 0 Å². The largest absolute Gasteiger partial charge is 0.317 e. The summed E-state index contributed by atoms with van der Waals surface area (Å²) in [6.07, 6.45) is 0.779. The maximum Gasteiger partial charge on any atom is 0.274 e. The molecule has 18 heavy (non-hydrogen) atoms. The summed E-state index contributed by atoms with van der Waals surface area (Å²) >= 11 is 11.8. The Morgan fingerprint density at radius 2 is 1.94 bits per heavy atom. The Bertz CT molecular complexity index is 452. The molecule has 1 N–H and O–H groups in total. The summed E-state index contributed by atoms with van der Waals surface area (Å²) in [6.45, 7) is 3.98. The van der Waals surface area contributed by atoms with Gasteiger partial charge in [0.25, 0.3) is 5.69 Å². The van der Waals surface area contributed by atoms with Crippen LogP contribution in [0.4, 0.5) is 5.69 Å². The second-order valence-electron chi connectivity index (χ2n) is 4.17. The molecule has 6 heteroatoms. The molecule has 1 aromatic carbocycles. The molecule has 0 aliphatic rings. The Morgan fingerprint density at radius 1 is 1.39 bits per heavy atom. The number of hydrogen-bond donors (Lipinski definition) is 1. The third kappa shape index (κ3) is 3.13. The molecular weight excluding hydrogens is 275 g/mol. The first-order chi connectivity index (χ1) is 8.42. The molecule has 0 aliphatic carbocycles. The molecule has 0 amide bonds. The van der Waals surface area contributed by atoms with Crippen LogP contribution in [0.5, 0.6) is 0 Å². The number of nitro groups is 1. The van der Waals surface area contributed by atoms with Crippen LogP contribution in [0, 0.1) is 10.1 Å². The Kier molecular flexibility index (Phi) is 5.38.